The molecule has 2 aromatic rings. The Morgan fingerprint density at radius 3 is 2.72 bits per heavy atom. The molecule has 2 rings (SSSR count). The van der Waals surface area contributed by atoms with E-state index in [1.54, 1.807) is 36.5 Å². The van der Waals surface area contributed by atoms with Gasteiger partial charge in [0.1, 0.15) is 5.75 Å². The van der Waals surface area contributed by atoms with Crippen molar-refractivity contribution in [1.29, 1.82) is 0 Å². The number of ether oxygens (including phenoxy) is 1. The minimum atomic E-state index is -0.886. The lowest BCUT2D eigenvalue weighted by Crippen LogP contribution is -2.02. The van der Waals surface area contributed by atoms with Gasteiger partial charge in [-0.3, -0.25) is 4.79 Å². The Bertz CT molecular complexity index is 549. The molecular formula is C14H13NO3. The smallest absolute Gasteiger partial charge is 0.307 e. The first-order valence-electron chi connectivity index (χ1n) is 5.55. The highest BCUT2D eigenvalue weighted by molar-refractivity contribution is 5.71. The molecule has 4 nitrogen and oxygen atoms in total. The quantitative estimate of drug-likeness (QED) is 0.897. The van der Waals surface area contributed by atoms with Crippen molar-refractivity contribution >= 4 is 5.97 Å². The minimum absolute atomic E-state index is 0.0674. The van der Waals surface area contributed by atoms with E-state index < -0.39 is 5.97 Å². The molecule has 0 amide bonds. The number of aryl methyl sites for hydroxylation is 1. The second-order valence-corrected chi connectivity index (χ2v) is 3.95. The van der Waals surface area contributed by atoms with Crippen molar-refractivity contribution in [3.63, 3.8) is 0 Å². The molecule has 0 saturated heterocycles. The number of hydrogen-bond acceptors (Lipinski definition) is 3. The Morgan fingerprint density at radius 1 is 1.28 bits per heavy atom. The molecule has 1 heterocycles. The maximum Gasteiger partial charge on any atom is 0.307 e. The van der Waals surface area contributed by atoms with Crippen molar-refractivity contribution < 1.29 is 14.6 Å². The number of carboxylic acid groups (broad SMARTS) is 1. The van der Waals surface area contributed by atoms with Crippen LogP contribution in [0.2, 0.25) is 0 Å². The lowest BCUT2D eigenvalue weighted by Gasteiger charge is -2.08. The number of nitrogens with zero attached hydrogens (tertiary/aromatic N) is 1. The SMILES string of the molecule is Cc1ccc(Oc2ccccc2CC(=O)O)nc1. The average Bonchev–Trinajstić information content (AvgIpc) is 2.34. The van der Waals surface area contributed by atoms with Crippen LogP contribution in [0.3, 0.4) is 0 Å². The van der Waals surface area contributed by atoms with Gasteiger partial charge in [0, 0.05) is 17.8 Å². The number of carboxylic acids is 1. The lowest BCUT2D eigenvalue weighted by atomic mass is 10.1. The van der Waals surface area contributed by atoms with E-state index in [4.69, 9.17) is 9.84 Å². The van der Waals surface area contributed by atoms with Crippen LogP contribution in [0.25, 0.3) is 0 Å². The normalized spacial score (nSPS) is 10.1. The van der Waals surface area contributed by atoms with Crippen molar-refractivity contribution in [3.05, 3.63) is 53.7 Å². The standard InChI is InChI=1S/C14H13NO3/c1-10-6-7-13(15-9-10)18-12-5-3-2-4-11(12)8-14(16)17/h2-7,9H,8H2,1H3,(H,16,17). The first-order valence-corrected chi connectivity index (χ1v) is 5.55. The highest BCUT2D eigenvalue weighted by Gasteiger charge is 2.08. The van der Waals surface area contributed by atoms with Gasteiger partial charge in [0.2, 0.25) is 5.88 Å². The predicted octanol–water partition coefficient (Wildman–Crippen LogP) is 2.81. The number of aliphatic carboxylic acids is 1. The van der Waals surface area contributed by atoms with E-state index in [9.17, 15) is 4.79 Å². The predicted molar refractivity (Wildman–Crippen MR) is 66.8 cm³/mol. The van der Waals surface area contributed by atoms with Gasteiger partial charge < -0.3 is 9.84 Å². The number of benzene rings is 1. The van der Waals surface area contributed by atoms with Gasteiger partial charge in [-0.25, -0.2) is 4.98 Å². The summed E-state index contributed by atoms with van der Waals surface area (Å²) in [6.07, 6.45) is 1.64. The molecule has 0 bridgehead atoms. The van der Waals surface area contributed by atoms with Crippen molar-refractivity contribution in [1.82, 2.24) is 4.98 Å². The topological polar surface area (TPSA) is 59.4 Å². The van der Waals surface area contributed by atoms with E-state index in [0.29, 0.717) is 17.2 Å². The van der Waals surface area contributed by atoms with Gasteiger partial charge in [-0.1, -0.05) is 24.3 Å². The fourth-order valence-electron chi connectivity index (χ4n) is 1.54. The van der Waals surface area contributed by atoms with E-state index in [0.717, 1.165) is 5.56 Å². The maximum atomic E-state index is 10.7. The highest BCUT2D eigenvalue weighted by atomic mass is 16.5. The Kier molecular flexibility index (Phi) is 3.57. The molecule has 0 aliphatic carbocycles. The third-order valence-electron chi connectivity index (χ3n) is 2.41. The monoisotopic (exact) mass is 243 g/mol. The second kappa shape index (κ2) is 5.31. The van der Waals surface area contributed by atoms with Gasteiger partial charge in [-0.15, -0.1) is 0 Å². The third kappa shape index (κ3) is 3.07. The molecule has 0 aliphatic rings. The van der Waals surface area contributed by atoms with Crippen LogP contribution in [0.5, 0.6) is 11.6 Å². The molecule has 92 valence electrons. The molecule has 0 spiro atoms. The van der Waals surface area contributed by atoms with Gasteiger partial charge in [0.05, 0.1) is 6.42 Å². The summed E-state index contributed by atoms with van der Waals surface area (Å²) < 4.78 is 5.59. The summed E-state index contributed by atoms with van der Waals surface area (Å²) in [5.74, 6) is 0.0950. The van der Waals surface area contributed by atoms with Crippen LogP contribution in [0, 0.1) is 6.92 Å². The Balaban J connectivity index is 2.23. The van der Waals surface area contributed by atoms with Crippen LogP contribution < -0.4 is 4.74 Å². The largest absolute Gasteiger partial charge is 0.481 e. The first kappa shape index (κ1) is 12.1. The van der Waals surface area contributed by atoms with Gasteiger partial charge in [-0.05, 0) is 18.6 Å². The highest BCUT2D eigenvalue weighted by Crippen LogP contribution is 2.24. The van der Waals surface area contributed by atoms with E-state index in [-0.39, 0.29) is 6.42 Å². The molecule has 1 aromatic carbocycles. The molecule has 1 N–H and O–H groups in total. The summed E-state index contributed by atoms with van der Waals surface area (Å²) >= 11 is 0. The third-order valence-corrected chi connectivity index (χ3v) is 2.41. The van der Waals surface area contributed by atoms with E-state index in [1.165, 1.54) is 0 Å². The van der Waals surface area contributed by atoms with Crippen molar-refractivity contribution in [2.45, 2.75) is 13.3 Å². The number of pyridine rings is 1. The fourth-order valence-corrected chi connectivity index (χ4v) is 1.54. The van der Waals surface area contributed by atoms with Crippen molar-refractivity contribution in [2.24, 2.45) is 0 Å². The number of aromatic nitrogens is 1. The number of hydrogen-bond donors (Lipinski definition) is 1. The maximum absolute atomic E-state index is 10.7. The van der Waals surface area contributed by atoms with Crippen LogP contribution in [-0.2, 0) is 11.2 Å². The second-order valence-electron chi connectivity index (χ2n) is 3.95. The van der Waals surface area contributed by atoms with E-state index in [2.05, 4.69) is 4.98 Å². The molecule has 1 aromatic heterocycles. The molecule has 18 heavy (non-hydrogen) atoms. The summed E-state index contributed by atoms with van der Waals surface area (Å²) in [5, 5.41) is 8.82. The van der Waals surface area contributed by atoms with Crippen molar-refractivity contribution in [2.75, 3.05) is 0 Å². The van der Waals surface area contributed by atoms with Gasteiger partial charge in [-0.2, -0.15) is 0 Å². The van der Waals surface area contributed by atoms with Gasteiger partial charge >= 0.3 is 5.97 Å². The zero-order chi connectivity index (χ0) is 13.0. The summed E-state index contributed by atoms with van der Waals surface area (Å²) in [5.41, 5.74) is 1.67. The van der Waals surface area contributed by atoms with E-state index in [1.807, 2.05) is 13.0 Å². The average molecular weight is 243 g/mol. The molecule has 0 radical (unpaired) electrons. The number of para-hydroxylation sites is 1. The fraction of sp³-hybridized carbons (Fsp3) is 0.143. The zero-order valence-electron chi connectivity index (χ0n) is 9.96. The van der Waals surface area contributed by atoms with Gasteiger partial charge in [0.25, 0.3) is 0 Å². The zero-order valence-corrected chi connectivity index (χ0v) is 9.96. The summed E-state index contributed by atoms with van der Waals surface area (Å²) in [7, 11) is 0. The van der Waals surface area contributed by atoms with Crippen LogP contribution in [0.4, 0.5) is 0 Å². The Hall–Kier alpha value is -2.36. The number of carbonyl (C=O) groups is 1. The molecule has 0 unspecified atom stereocenters. The Labute approximate surface area is 105 Å². The first-order chi connectivity index (χ1) is 8.65. The van der Waals surface area contributed by atoms with Crippen LogP contribution in [-0.4, -0.2) is 16.1 Å². The number of rotatable bonds is 4. The molecular weight excluding hydrogens is 230 g/mol. The summed E-state index contributed by atoms with van der Waals surface area (Å²) in [6.45, 7) is 1.94. The minimum Gasteiger partial charge on any atom is -0.481 e. The van der Waals surface area contributed by atoms with Crippen LogP contribution in [0.1, 0.15) is 11.1 Å². The van der Waals surface area contributed by atoms with Crippen molar-refractivity contribution in [3.8, 4) is 11.6 Å². The summed E-state index contributed by atoms with van der Waals surface area (Å²) in [6, 6.07) is 10.7. The molecule has 0 aliphatic heterocycles. The van der Waals surface area contributed by atoms with E-state index >= 15 is 0 Å². The summed E-state index contributed by atoms with van der Waals surface area (Å²) in [4.78, 5) is 14.9. The van der Waals surface area contributed by atoms with Crippen LogP contribution in [0.15, 0.2) is 42.6 Å². The van der Waals surface area contributed by atoms with Crippen LogP contribution >= 0.6 is 0 Å². The molecule has 0 atom stereocenters. The lowest BCUT2D eigenvalue weighted by molar-refractivity contribution is -0.136. The molecule has 0 fully saturated rings. The van der Waals surface area contributed by atoms with Gasteiger partial charge in [0.15, 0.2) is 0 Å². The Morgan fingerprint density at radius 2 is 2.06 bits per heavy atom. The molecule has 0 saturated carbocycles. The molecule has 4 heteroatoms.